The van der Waals surface area contributed by atoms with E-state index in [1.54, 1.807) is 39.7 Å². The van der Waals surface area contributed by atoms with E-state index in [2.05, 4.69) is 25.2 Å². The lowest BCUT2D eigenvalue weighted by Crippen LogP contribution is -2.39. The number of rotatable bonds is 6. The Morgan fingerprint density at radius 3 is 2.60 bits per heavy atom. The number of carboxylic acids is 1. The maximum atomic E-state index is 15.6. The van der Waals surface area contributed by atoms with Crippen LogP contribution in [-0.4, -0.2) is 89.0 Å². The number of anilines is 2. The van der Waals surface area contributed by atoms with Crippen molar-refractivity contribution in [2.45, 2.75) is 12.1 Å². The second-order valence-electron chi connectivity index (χ2n) is 10.7. The lowest BCUT2D eigenvalue weighted by molar-refractivity contribution is 0.0639. The average molecular weight is 578 g/mol. The smallest absolute Gasteiger partial charge is 0.341 e. The molecule has 0 saturated carbocycles. The number of nitrogens with zero attached hydrogens (tertiary/aromatic N) is 5. The number of benzene rings is 1. The molecule has 0 bridgehead atoms. The molecule has 13 heteroatoms. The van der Waals surface area contributed by atoms with Gasteiger partial charge in [0.2, 0.25) is 5.43 Å². The predicted molar refractivity (Wildman–Crippen MR) is 156 cm³/mol. The van der Waals surface area contributed by atoms with Crippen LogP contribution in [0.25, 0.3) is 44.1 Å². The highest BCUT2D eigenvalue weighted by Gasteiger charge is 2.37. The maximum Gasteiger partial charge on any atom is 0.341 e. The molecule has 6 rings (SSSR count). The Morgan fingerprint density at radius 2 is 1.95 bits per heavy atom. The van der Waals surface area contributed by atoms with Crippen molar-refractivity contribution in [2.24, 2.45) is 7.05 Å². The molecule has 1 aromatic carbocycles. The third-order valence-electron chi connectivity index (χ3n) is 8.11. The molecule has 42 heavy (non-hydrogen) atoms. The first-order valence-corrected chi connectivity index (χ1v) is 13.2. The molecule has 1 fully saturated rings. The highest BCUT2D eigenvalue weighted by Crippen LogP contribution is 2.44. The normalized spacial score (nSPS) is 17.3. The molecule has 0 aliphatic carbocycles. The molecule has 5 aromatic rings. The third kappa shape index (κ3) is 4.07. The predicted octanol–water partition coefficient (Wildman–Crippen LogP) is 3.41. The van der Waals surface area contributed by atoms with Crippen LogP contribution in [0.1, 0.15) is 10.4 Å². The van der Waals surface area contributed by atoms with Gasteiger partial charge in [-0.3, -0.25) is 4.79 Å². The number of halogens is 2. The second-order valence-corrected chi connectivity index (χ2v) is 10.7. The lowest BCUT2D eigenvalue weighted by atomic mass is 10.0. The van der Waals surface area contributed by atoms with Crippen molar-refractivity contribution in [3.8, 4) is 11.1 Å². The van der Waals surface area contributed by atoms with Crippen molar-refractivity contribution in [1.82, 2.24) is 24.4 Å². The van der Waals surface area contributed by atoms with Crippen molar-refractivity contribution in [3.05, 3.63) is 58.1 Å². The van der Waals surface area contributed by atoms with Crippen molar-refractivity contribution in [2.75, 3.05) is 51.6 Å². The topological polar surface area (TPSA) is 129 Å². The van der Waals surface area contributed by atoms with Gasteiger partial charge >= 0.3 is 5.97 Å². The molecule has 1 saturated heterocycles. The van der Waals surface area contributed by atoms with Gasteiger partial charge in [-0.25, -0.2) is 23.5 Å². The summed E-state index contributed by atoms with van der Waals surface area (Å²) in [7, 11) is 8.77. The number of aromatic amines is 1. The van der Waals surface area contributed by atoms with Crippen molar-refractivity contribution in [3.63, 3.8) is 0 Å². The van der Waals surface area contributed by atoms with Crippen LogP contribution in [0.2, 0.25) is 0 Å². The van der Waals surface area contributed by atoms with Crippen LogP contribution in [0.3, 0.4) is 0 Å². The number of fused-ring (bicyclic) bond motifs is 4. The van der Waals surface area contributed by atoms with Crippen molar-refractivity contribution >= 4 is 50.3 Å². The van der Waals surface area contributed by atoms with E-state index in [0.29, 0.717) is 57.8 Å². The number of likely N-dealkylation sites (N-methyl/N-ethyl adjacent to an activating group) is 1. The Morgan fingerprint density at radius 1 is 1.19 bits per heavy atom. The standard InChI is InChI=1S/C29H29F2N7O4/c1-32-18-7-17(30)23(31)21-22-25(38-11-19(36(2)3)20(12-38)42-5)15(9-33-27(22)35-24(18)21)13-6-14-26(39)16(29(40)41)10-37(4)28(14)34-8-13/h6-10,19-20,32H,11-12H2,1-5H3,(H,33,35)(H,40,41)/t19?,20-/m0/s1. The van der Waals surface area contributed by atoms with Gasteiger partial charge in [0.15, 0.2) is 11.6 Å². The molecule has 1 unspecified atom stereocenters. The summed E-state index contributed by atoms with van der Waals surface area (Å²) < 4.78 is 37.8. The minimum absolute atomic E-state index is 0.00845. The van der Waals surface area contributed by atoms with Gasteiger partial charge in [-0.2, -0.15) is 0 Å². The fourth-order valence-corrected chi connectivity index (χ4v) is 6.01. The molecular formula is C29H29F2N7O4. The van der Waals surface area contributed by atoms with E-state index in [4.69, 9.17) is 4.74 Å². The number of carbonyl (C=O) groups is 1. The molecule has 0 radical (unpaired) electrons. The Bertz CT molecular complexity index is 1970. The van der Waals surface area contributed by atoms with E-state index in [0.717, 1.165) is 6.07 Å². The van der Waals surface area contributed by atoms with Gasteiger partial charge in [-0.05, 0) is 20.2 Å². The summed E-state index contributed by atoms with van der Waals surface area (Å²) >= 11 is 0. The second kappa shape index (κ2) is 10.0. The Labute approximate surface area is 238 Å². The van der Waals surface area contributed by atoms with Crippen LogP contribution >= 0.6 is 0 Å². The molecule has 1 aliphatic heterocycles. The van der Waals surface area contributed by atoms with Gasteiger partial charge < -0.3 is 34.5 Å². The van der Waals surface area contributed by atoms with E-state index < -0.39 is 23.0 Å². The minimum Gasteiger partial charge on any atom is -0.477 e. The van der Waals surface area contributed by atoms with Crippen LogP contribution < -0.4 is 15.6 Å². The van der Waals surface area contributed by atoms with Gasteiger partial charge in [0.05, 0.1) is 45.2 Å². The molecule has 11 nitrogen and oxygen atoms in total. The van der Waals surface area contributed by atoms with Crippen LogP contribution in [0.4, 0.5) is 20.2 Å². The third-order valence-corrected chi connectivity index (χ3v) is 8.11. The van der Waals surface area contributed by atoms with E-state index in [-0.39, 0.29) is 28.5 Å². The summed E-state index contributed by atoms with van der Waals surface area (Å²) in [6.45, 7) is 0.950. The number of nitrogens with one attached hydrogen (secondary N) is 2. The monoisotopic (exact) mass is 577 g/mol. The molecule has 5 heterocycles. The number of carboxylic acid groups (broad SMARTS) is 1. The first-order chi connectivity index (χ1) is 20.0. The zero-order chi connectivity index (χ0) is 30.0. The number of aromatic carboxylic acids is 1. The average Bonchev–Trinajstić information content (AvgIpc) is 3.58. The van der Waals surface area contributed by atoms with E-state index in [9.17, 15) is 19.1 Å². The highest BCUT2D eigenvalue weighted by molar-refractivity contribution is 6.18. The van der Waals surface area contributed by atoms with Gasteiger partial charge in [0.25, 0.3) is 0 Å². The van der Waals surface area contributed by atoms with E-state index in [1.165, 1.54) is 10.8 Å². The zero-order valence-electron chi connectivity index (χ0n) is 23.6. The molecule has 1 aliphatic rings. The molecule has 3 N–H and O–H groups in total. The Kier molecular flexibility index (Phi) is 6.58. The number of hydrogen-bond acceptors (Lipinski definition) is 8. The number of H-pyrrole nitrogens is 1. The first kappa shape index (κ1) is 27.5. The number of hydrogen-bond donors (Lipinski definition) is 3. The summed E-state index contributed by atoms with van der Waals surface area (Å²) in [5.41, 5.74) is 1.88. The number of aryl methyl sites for hydroxylation is 1. The van der Waals surface area contributed by atoms with Gasteiger partial charge in [0, 0.05) is 70.1 Å². The summed E-state index contributed by atoms with van der Waals surface area (Å²) in [5.74, 6) is -3.37. The highest BCUT2D eigenvalue weighted by atomic mass is 19.2. The van der Waals surface area contributed by atoms with Crippen molar-refractivity contribution in [1.29, 1.82) is 0 Å². The fourth-order valence-electron chi connectivity index (χ4n) is 6.01. The molecular weight excluding hydrogens is 548 g/mol. The molecule has 218 valence electrons. The summed E-state index contributed by atoms with van der Waals surface area (Å²) in [5, 5.41) is 13.0. The number of aromatic nitrogens is 4. The first-order valence-electron chi connectivity index (χ1n) is 13.2. The Hall–Kier alpha value is -4.62. The largest absolute Gasteiger partial charge is 0.477 e. The maximum absolute atomic E-state index is 15.6. The van der Waals surface area contributed by atoms with Crippen LogP contribution in [-0.2, 0) is 11.8 Å². The fraction of sp³-hybridized carbons (Fsp3) is 0.310. The van der Waals surface area contributed by atoms with Gasteiger partial charge in [-0.1, -0.05) is 0 Å². The van der Waals surface area contributed by atoms with E-state index >= 15 is 4.39 Å². The van der Waals surface area contributed by atoms with Crippen LogP contribution in [0.5, 0.6) is 0 Å². The van der Waals surface area contributed by atoms with E-state index in [1.807, 2.05) is 19.0 Å². The number of ether oxygens (including phenoxy) is 1. The van der Waals surface area contributed by atoms with Gasteiger partial charge in [-0.15, -0.1) is 0 Å². The molecule has 2 atom stereocenters. The number of methoxy groups -OCH3 is 1. The Balaban J connectivity index is 1.70. The minimum atomic E-state index is -1.35. The molecule has 0 amide bonds. The quantitative estimate of drug-likeness (QED) is 0.278. The summed E-state index contributed by atoms with van der Waals surface area (Å²) in [6.07, 6.45) is 4.21. The zero-order valence-corrected chi connectivity index (χ0v) is 23.6. The lowest BCUT2D eigenvalue weighted by Gasteiger charge is -2.25. The molecule has 0 spiro atoms. The van der Waals surface area contributed by atoms with Crippen molar-refractivity contribution < 1.29 is 23.4 Å². The van der Waals surface area contributed by atoms with Gasteiger partial charge in [0.1, 0.15) is 16.9 Å². The summed E-state index contributed by atoms with van der Waals surface area (Å²) in [4.78, 5) is 41.2. The summed E-state index contributed by atoms with van der Waals surface area (Å²) in [6, 6.07) is 2.66. The van der Waals surface area contributed by atoms with Crippen LogP contribution in [0, 0.1) is 11.6 Å². The van der Waals surface area contributed by atoms with Crippen LogP contribution in [0.15, 0.2) is 35.5 Å². The number of pyridine rings is 3. The SMILES string of the molecule is CNc1cc(F)c(F)c2c1[nH]c1ncc(-c3cnc4c(c3)c(=O)c(C(=O)O)cn4C)c(N3CC(N(C)C)[C@@H](OC)C3)c12. The molecule has 4 aromatic heterocycles.